The average Bonchev–Trinajstić information content (AvgIpc) is 2.52. The highest BCUT2D eigenvalue weighted by atomic mass is 16.5. The number of hydrogen-bond acceptors (Lipinski definition) is 5. The third-order valence-corrected chi connectivity index (χ3v) is 4.26. The van der Waals surface area contributed by atoms with Crippen LogP contribution in [0.25, 0.3) is 0 Å². The van der Waals surface area contributed by atoms with E-state index in [-0.39, 0.29) is 11.5 Å². The molecule has 7 heteroatoms. The van der Waals surface area contributed by atoms with Crippen molar-refractivity contribution in [2.24, 2.45) is 5.73 Å². The molecule has 2 rings (SSSR count). The third kappa shape index (κ3) is 4.56. The van der Waals surface area contributed by atoms with Crippen molar-refractivity contribution < 1.29 is 14.3 Å². The van der Waals surface area contributed by atoms with E-state index in [0.29, 0.717) is 12.1 Å². The molecule has 0 radical (unpaired) electrons. The van der Waals surface area contributed by atoms with E-state index in [1.54, 1.807) is 25.3 Å². The number of rotatable bonds is 6. The summed E-state index contributed by atoms with van der Waals surface area (Å²) >= 11 is 0. The lowest BCUT2D eigenvalue weighted by Gasteiger charge is -2.34. The van der Waals surface area contributed by atoms with Crippen molar-refractivity contribution >= 4 is 11.8 Å². The smallest absolute Gasteiger partial charge is 0.251 e. The van der Waals surface area contributed by atoms with Crippen molar-refractivity contribution in [1.82, 2.24) is 16.0 Å². The molecule has 1 fully saturated rings. The molecule has 2 heterocycles. The van der Waals surface area contributed by atoms with Crippen LogP contribution >= 0.6 is 0 Å². The van der Waals surface area contributed by atoms with Crippen LogP contribution in [0.5, 0.6) is 0 Å². The monoisotopic (exact) mass is 322 g/mol. The van der Waals surface area contributed by atoms with Gasteiger partial charge in [0.1, 0.15) is 5.54 Å². The quantitative estimate of drug-likeness (QED) is 0.496. The molecule has 128 valence electrons. The van der Waals surface area contributed by atoms with E-state index in [4.69, 9.17) is 10.5 Å². The van der Waals surface area contributed by atoms with Crippen molar-refractivity contribution in [2.75, 3.05) is 26.2 Å². The van der Waals surface area contributed by atoms with Crippen LogP contribution in [0.1, 0.15) is 26.7 Å². The van der Waals surface area contributed by atoms with E-state index in [0.717, 1.165) is 32.5 Å². The zero-order chi connectivity index (χ0) is 16.9. The molecule has 2 aliphatic heterocycles. The zero-order valence-electron chi connectivity index (χ0n) is 13.8. The van der Waals surface area contributed by atoms with Crippen LogP contribution in [0.2, 0.25) is 0 Å². The molecule has 0 saturated carbocycles. The fraction of sp³-hybridized carbons (Fsp3) is 0.625. The summed E-state index contributed by atoms with van der Waals surface area (Å²) in [6.45, 7) is 6.72. The van der Waals surface area contributed by atoms with Crippen LogP contribution in [-0.4, -0.2) is 49.2 Å². The number of ether oxygens (including phenoxy) is 1. The number of carbonyl (C=O) groups is 2. The summed E-state index contributed by atoms with van der Waals surface area (Å²) in [5.41, 5.74) is 4.59. The van der Waals surface area contributed by atoms with Gasteiger partial charge in [-0.05, 0) is 45.0 Å². The number of carbonyl (C=O) groups excluding carboxylic acids is 2. The Labute approximate surface area is 136 Å². The Morgan fingerprint density at radius 3 is 2.87 bits per heavy atom. The highest BCUT2D eigenvalue weighted by Gasteiger charge is 2.31. The molecule has 0 aliphatic carbocycles. The lowest BCUT2D eigenvalue weighted by atomic mass is 9.95. The van der Waals surface area contributed by atoms with Gasteiger partial charge in [-0.1, -0.05) is 0 Å². The summed E-state index contributed by atoms with van der Waals surface area (Å²) in [5.74, 6) is -0.731. The van der Waals surface area contributed by atoms with E-state index < -0.39 is 11.4 Å². The molecule has 0 bridgehead atoms. The lowest BCUT2D eigenvalue weighted by Crippen LogP contribution is -2.51. The standard InChI is InChI=1S/C16H26N4O3/c1-15(11-18-8-9-23-15)5-3-6-19-13(21)12-4-7-20-16(2,10-12)14(17)22/h4,7,10,18,20H,3,5-6,8-9,11H2,1-2H3,(H2,17,22)(H,19,21). The molecule has 2 amide bonds. The number of nitrogens with two attached hydrogens (primary N) is 1. The van der Waals surface area contributed by atoms with Gasteiger partial charge in [-0.25, -0.2) is 0 Å². The van der Waals surface area contributed by atoms with Gasteiger partial charge in [0.25, 0.3) is 5.91 Å². The van der Waals surface area contributed by atoms with E-state index in [1.165, 1.54) is 0 Å². The Morgan fingerprint density at radius 2 is 2.22 bits per heavy atom. The molecular weight excluding hydrogens is 296 g/mol. The number of amides is 2. The summed E-state index contributed by atoms with van der Waals surface area (Å²) in [5, 5.41) is 9.05. The van der Waals surface area contributed by atoms with Crippen LogP contribution in [0.4, 0.5) is 0 Å². The summed E-state index contributed by atoms with van der Waals surface area (Å²) < 4.78 is 5.79. The molecule has 0 aromatic rings. The first-order valence-electron chi connectivity index (χ1n) is 7.95. The topological polar surface area (TPSA) is 105 Å². The maximum Gasteiger partial charge on any atom is 0.251 e. The Bertz CT molecular complexity index is 523. The van der Waals surface area contributed by atoms with Gasteiger partial charge in [-0.3, -0.25) is 9.59 Å². The van der Waals surface area contributed by atoms with Crippen LogP contribution in [0, 0.1) is 0 Å². The van der Waals surface area contributed by atoms with Crippen molar-refractivity contribution in [3.8, 4) is 0 Å². The third-order valence-electron chi connectivity index (χ3n) is 4.26. The van der Waals surface area contributed by atoms with Crippen LogP contribution in [-0.2, 0) is 14.3 Å². The molecule has 23 heavy (non-hydrogen) atoms. The number of primary amides is 1. The SMILES string of the molecule is CC1(CCCNC(=O)C2=CC(C)(C(N)=O)NC=C2)CNCCO1. The normalized spacial score (nSPS) is 30.3. The van der Waals surface area contributed by atoms with Crippen molar-refractivity contribution in [3.05, 3.63) is 23.9 Å². The fourth-order valence-electron chi connectivity index (χ4n) is 2.69. The average molecular weight is 322 g/mol. The summed E-state index contributed by atoms with van der Waals surface area (Å²) in [4.78, 5) is 23.6. The second kappa shape index (κ2) is 7.14. The van der Waals surface area contributed by atoms with Gasteiger partial charge >= 0.3 is 0 Å². The fourth-order valence-corrected chi connectivity index (χ4v) is 2.69. The van der Waals surface area contributed by atoms with Crippen LogP contribution in [0.15, 0.2) is 23.9 Å². The van der Waals surface area contributed by atoms with Gasteiger partial charge in [0.15, 0.2) is 0 Å². The first kappa shape index (κ1) is 17.5. The largest absolute Gasteiger partial charge is 0.374 e. The van der Waals surface area contributed by atoms with Crippen molar-refractivity contribution in [1.29, 1.82) is 0 Å². The van der Waals surface area contributed by atoms with Gasteiger partial charge in [0.2, 0.25) is 5.91 Å². The van der Waals surface area contributed by atoms with Gasteiger partial charge in [-0.2, -0.15) is 0 Å². The Morgan fingerprint density at radius 1 is 1.43 bits per heavy atom. The summed E-state index contributed by atoms with van der Waals surface area (Å²) in [6, 6.07) is 0. The lowest BCUT2D eigenvalue weighted by molar-refractivity contribution is -0.121. The molecule has 2 aliphatic rings. The predicted octanol–water partition coefficient (Wildman–Crippen LogP) is -0.451. The minimum atomic E-state index is -1.03. The van der Waals surface area contributed by atoms with E-state index in [2.05, 4.69) is 22.9 Å². The molecular formula is C16H26N4O3. The molecule has 0 aromatic carbocycles. The Balaban J connectivity index is 1.79. The minimum absolute atomic E-state index is 0.165. The van der Waals surface area contributed by atoms with Crippen molar-refractivity contribution in [2.45, 2.75) is 37.8 Å². The highest BCUT2D eigenvalue weighted by molar-refractivity contribution is 5.99. The second-order valence-electron chi connectivity index (χ2n) is 6.48. The molecule has 2 atom stereocenters. The predicted molar refractivity (Wildman–Crippen MR) is 87.4 cm³/mol. The van der Waals surface area contributed by atoms with Crippen LogP contribution in [0.3, 0.4) is 0 Å². The molecule has 7 nitrogen and oxygen atoms in total. The number of dihydropyridines is 1. The van der Waals surface area contributed by atoms with E-state index >= 15 is 0 Å². The van der Waals surface area contributed by atoms with Gasteiger partial charge in [-0.15, -0.1) is 0 Å². The zero-order valence-corrected chi connectivity index (χ0v) is 13.8. The van der Waals surface area contributed by atoms with Gasteiger partial charge in [0.05, 0.1) is 12.2 Å². The second-order valence-corrected chi connectivity index (χ2v) is 6.48. The first-order valence-corrected chi connectivity index (χ1v) is 7.95. The summed E-state index contributed by atoms with van der Waals surface area (Å²) in [6.07, 6.45) is 6.46. The summed E-state index contributed by atoms with van der Waals surface area (Å²) in [7, 11) is 0. The molecule has 1 saturated heterocycles. The molecule has 5 N–H and O–H groups in total. The number of morpholine rings is 1. The van der Waals surface area contributed by atoms with Gasteiger partial charge in [0, 0.05) is 25.2 Å². The molecule has 0 aromatic heterocycles. The van der Waals surface area contributed by atoms with E-state index in [9.17, 15) is 9.59 Å². The first-order chi connectivity index (χ1) is 10.8. The Hall–Kier alpha value is -1.86. The highest BCUT2D eigenvalue weighted by Crippen LogP contribution is 2.19. The molecule has 2 unspecified atom stereocenters. The van der Waals surface area contributed by atoms with E-state index in [1.807, 2.05) is 0 Å². The number of hydrogen-bond donors (Lipinski definition) is 4. The minimum Gasteiger partial charge on any atom is -0.374 e. The Kier molecular flexibility index (Phi) is 5.43. The molecule has 0 spiro atoms. The maximum atomic E-state index is 12.2. The van der Waals surface area contributed by atoms with Crippen LogP contribution < -0.4 is 21.7 Å². The maximum absolute atomic E-state index is 12.2. The number of nitrogens with one attached hydrogen (secondary N) is 3. The van der Waals surface area contributed by atoms with Gasteiger partial charge < -0.3 is 26.4 Å². The van der Waals surface area contributed by atoms with Crippen molar-refractivity contribution in [3.63, 3.8) is 0 Å².